The van der Waals surface area contributed by atoms with Gasteiger partial charge in [0.15, 0.2) is 5.82 Å². The van der Waals surface area contributed by atoms with Gasteiger partial charge >= 0.3 is 6.18 Å². The van der Waals surface area contributed by atoms with E-state index in [1.54, 1.807) is 16.8 Å². The van der Waals surface area contributed by atoms with Crippen LogP contribution in [0.2, 0.25) is 0 Å². The van der Waals surface area contributed by atoms with Crippen molar-refractivity contribution in [1.29, 1.82) is 0 Å². The first-order chi connectivity index (χ1) is 9.47. The van der Waals surface area contributed by atoms with E-state index in [1.807, 2.05) is 11.8 Å². The molecular formula is C12H14F3N5. The molecule has 5 nitrogen and oxygen atoms in total. The summed E-state index contributed by atoms with van der Waals surface area (Å²) in [7, 11) is 0. The van der Waals surface area contributed by atoms with Gasteiger partial charge in [0.1, 0.15) is 5.82 Å². The zero-order chi connectivity index (χ0) is 14.3. The third-order valence-electron chi connectivity index (χ3n) is 3.74. The molecule has 1 saturated heterocycles. The molecule has 108 valence electrons. The molecule has 1 aliphatic rings. The number of hydrogen-bond acceptors (Lipinski definition) is 4. The molecule has 0 saturated carbocycles. The van der Waals surface area contributed by atoms with E-state index >= 15 is 0 Å². The van der Waals surface area contributed by atoms with Gasteiger partial charge in [-0.2, -0.15) is 13.2 Å². The third kappa shape index (κ3) is 2.19. The number of anilines is 1. The molecule has 0 radical (unpaired) electrons. The molecule has 8 heteroatoms. The Morgan fingerprint density at radius 2 is 1.90 bits per heavy atom. The molecular weight excluding hydrogens is 271 g/mol. The quantitative estimate of drug-likeness (QED) is 0.806. The molecule has 1 fully saturated rings. The molecule has 0 spiro atoms. The smallest absolute Gasteiger partial charge is 0.353 e. The van der Waals surface area contributed by atoms with E-state index in [4.69, 9.17) is 0 Å². The van der Waals surface area contributed by atoms with Crippen molar-refractivity contribution in [2.24, 2.45) is 5.92 Å². The highest BCUT2D eigenvalue weighted by molar-refractivity contribution is 5.63. The summed E-state index contributed by atoms with van der Waals surface area (Å²) in [5.41, 5.74) is 0.593. The van der Waals surface area contributed by atoms with Crippen LogP contribution in [0.1, 0.15) is 18.7 Å². The highest BCUT2D eigenvalue weighted by Crippen LogP contribution is 2.35. The fraction of sp³-hybridized carbons (Fsp3) is 0.583. The molecule has 0 atom stereocenters. The number of piperidine rings is 1. The maximum atomic E-state index is 12.7. The lowest BCUT2D eigenvalue weighted by atomic mass is 9.96. The molecule has 0 aromatic carbocycles. The summed E-state index contributed by atoms with van der Waals surface area (Å²) in [5.74, 6) is 0.126. The molecule has 3 heterocycles. The molecule has 2 aromatic rings. The summed E-state index contributed by atoms with van der Waals surface area (Å²) < 4.78 is 39.8. The van der Waals surface area contributed by atoms with Crippen molar-refractivity contribution in [3.05, 3.63) is 18.2 Å². The number of hydrogen-bond donors (Lipinski definition) is 0. The maximum absolute atomic E-state index is 12.7. The Balaban J connectivity index is 1.84. The predicted octanol–water partition coefficient (Wildman–Crippen LogP) is 2.21. The Morgan fingerprint density at radius 3 is 2.55 bits per heavy atom. The summed E-state index contributed by atoms with van der Waals surface area (Å²) in [6.45, 7) is 2.49. The highest BCUT2D eigenvalue weighted by Gasteiger charge is 2.41. The van der Waals surface area contributed by atoms with Gasteiger partial charge in [0, 0.05) is 25.5 Å². The SMILES string of the molecule is Cc1nnc2c(N3CCC(C(F)(F)F)CC3)nccn12. The number of aryl methyl sites for hydroxylation is 1. The lowest BCUT2D eigenvalue weighted by Crippen LogP contribution is -2.39. The van der Waals surface area contributed by atoms with Crippen LogP contribution < -0.4 is 4.90 Å². The van der Waals surface area contributed by atoms with Crippen LogP contribution in [0.25, 0.3) is 5.65 Å². The average Bonchev–Trinajstić information content (AvgIpc) is 2.80. The van der Waals surface area contributed by atoms with Crippen molar-refractivity contribution in [1.82, 2.24) is 19.6 Å². The first-order valence-electron chi connectivity index (χ1n) is 6.45. The summed E-state index contributed by atoms with van der Waals surface area (Å²) in [6, 6.07) is 0. The van der Waals surface area contributed by atoms with Gasteiger partial charge in [-0.1, -0.05) is 0 Å². The van der Waals surface area contributed by atoms with Gasteiger partial charge in [0.2, 0.25) is 5.65 Å². The fourth-order valence-electron chi connectivity index (χ4n) is 2.57. The van der Waals surface area contributed by atoms with Crippen molar-refractivity contribution in [3.63, 3.8) is 0 Å². The maximum Gasteiger partial charge on any atom is 0.391 e. The minimum absolute atomic E-state index is 0.0966. The Morgan fingerprint density at radius 1 is 1.20 bits per heavy atom. The molecule has 0 N–H and O–H groups in total. The number of rotatable bonds is 1. The molecule has 1 aliphatic heterocycles. The van der Waals surface area contributed by atoms with Crippen LogP contribution in [-0.4, -0.2) is 38.8 Å². The normalized spacial score (nSPS) is 17.9. The summed E-state index contributed by atoms with van der Waals surface area (Å²) in [6.07, 6.45) is -0.541. The van der Waals surface area contributed by atoms with E-state index < -0.39 is 12.1 Å². The van der Waals surface area contributed by atoms with Crippen LogP contribution in [-0.2, 0) is 0 Å². The Labute approximate surface area is 113 Å². The zero-order valence-electron chi connectivity index (χ0n) is 10.9. The van der Waals surface area contributed by atoms with E-state index in [-0.39, 0.29) is 12.8 Å². The second kappa shape index (κ2) is 4.60. The monoisotopic (exact) mass is 285 g/mol. The standard InChI is InChI=1S/C12H14F3N5/c1-8-17-18-11-10(16-4-7-20(8)11)19-5-2-9(3-6-19)12(13,14)15/h4,7,9H,2-3,5-6H2,1H3. The van der Waals surface area contributed by atoms with Gasteiger partial charge in [-0.25, -0.2) is 4.98 Å². The van der Waals surface area contributed by atoms with Gasteiger partial charge in [0.25, 0.3) is 0 Å². The van der Waals surface area contributed by atoms with Gasteiger partial charge in [-0.15, -0.1) is 10.2 Å². The molecule has 3 rings (SSSR count). The van der Waals surface area contributed by atoms with Crippen molar-refractivity contribution in [2.75, 3.05) is 18.0 Å². The Hall–Kier alpha value is -1.86. The first-order valence-corrected chi connectivity index (χ1v) is 6.45. The fourth-order valence-corrected chi connectivity index (χ4v) is 2.57. The van der Waals surface area contributed by atoms with Crippen LogP contribution in [0, 0.1) is 12.8 Å². The minimum atomic E-state index is -4.10. The van der Waals surface area contributed by atoms with Crippen molar-refractivity contribution in [2.45, 2.75) is 25.9 Å². The van der Waals surface area contributed by atoms with Gasteiger partial charge in [-0.3, -0.25) is 4.40 Å². The summed E-state index contributed by atoms with van der Waals surface area (Å²) >= 11 is 0. The number of halogens is 3. The molecule has 0 aliphatic carbocycles. The van der Waals surface area contributed by atoms with Crippen LogP contribution in [0.15, 0.2) is 12.4 Å². The average molecular weight is 285 g/mol. The van der Waals surface area contributed by atoms with Gasteiger partial charge < -0.3 is 4.90 Å². The van der Waals surface area contributed by atoms with Crippen molar-refractivity contribution in [3.8, 4) is 0 Å². The molecule has 20 heavy (non-hydrogen) atoms. The molecule has 0 unspecified atom stereocenters. The second-order valence-corrected chi connectivity index (χ2v) is 4.99. The highest BCUT2D eigenvalue weighted by atomic mass is 19.4. The molecule has 2 aromatic heterocycles. The van der Waals surface area contributed by atoms with E-state index in [9.17, 15) is 13.2 Å². The number of fused-ring (bicyclic) bond motifs is 1. The van der Waals surface area contributed by atoms with Gasteiger partial charge in [0.05, 0.1) is 5.92 Å². The third-order valence-corrected chi connectivity index (χ3v) is 3.74. The minimum Gasteiger partial charge on any atom is -0.353 e. The predicted molar refractivity (Wildman–Crippen MR) is 66.5 cm³/mol. The zero-order valence-corrected chi connectivity index (χ0v) is 10.9. The number of alkyl halides is 3. The van der Waals surface area contributed by atoms with Crippen molar-refractivity contribution >= 4 is 11.5 Å². The largest absolute Gasteiger partial charge is 0.391 e. The van der Waals surface area contributed by atoms with E-state index in [2.05, 4.69) is 15.2 Å². The first kappa shape index (κ1) is 13.1. The Kier molecular flexibility index (Phi) is 3.02. The van der Waals surface area contributed by atoms with E-state index in [0.29, 0.717) is 24.6 Å². The summed E-state index contributed by atoms with van der Waals surface area (Å²) in [4.78, 5) is 6.11. The topological polar surface area (TPSA) is 46.3 Å². The number of aromatic nitrogens is 4. The van der Waals surface area contributed by atoms with Gasteiger partial charge in [-0.05, 0) is 19.8 Å². The Bertz CT molecular complexity index is 613. The van der Waals surface area contributed by atoms with E-state index in [0.717, 1.165) is 5.82 Å². The van der Waals surface area contributed by atoms with Crippen LogP contribution in [0.5, 0.6) is 0 Å². The van der Waals surface area contributed by atoms with Crippen molar-refractivity contribution < 1.29 is 13.2 Å². The molecule has 0 bridgehead atoms. The van der Waals surface area contributed by atoms with E-state index in [1.165, 1.54) is 0 Å². The lowest BCUT2D eigenvalue weighted by Gasteiger charge is -2.33. The van der Waals surface area contributed by atoms with Crippen LogP contribution >= 0.6 is 0 Å². The number of nitrogens with zero attached hydrogens (tertiary/aromatic N) is 5. The lowest BCUT2D eigenvalue weighted by molar-refractivity contribution is -0.179. The van der Waals surface area contributed by atoms with Crippen LogP contribution in [0.3, 0.4) is 0 Å². The summed E-state index contributed by atoms with van der Waals surface area (Å²) in [5, 5.41) is 8.02. The second-order valence-electron chi connectivity index (χ2n) is 4.99. The molecule has 0 amide bonds. The van der Waals surface area contributed by atoms with Crippen LogP contribution in [0.4, 0.5) is 19.0 Å².